The average molecular weight is 366 g/mol. The van der Waals surface area contributed by atoms with Gasteiger partial charge in [0.25, 0.3) is 0 Å². The number of amides is 1. The van der Waals surface area contributed by atoms with Crippen LogP contribution in [0.15, 0.2) is 24.3 Å². The lowest BCUT2D eigenvalue weighted by molar-refractivity contribution is -0.157. The third-order valence-electron chi connectivity index (χ3n) is 5.77. The summed E-state index contributed by atoms with van der Waals surface area (Å²) < 4.78 is 5.50. The number of hydrogen-bond acceptors (Lipinski definition) is 3. The van der Waals surface area contributed by atoms with Gasteiger partial charge in [0.2, 0.25) is 5.91 Å². The van der Waals surface area contributed by atoms with Crippen LogP contribution >= 0.6 is 11.6 Å². The molecule has 1 saturated carbocycles. The fourth-order valence-corrected chi connectivity index (χ4v) is 4.05. The van der Waals surface area contributed by atoms with E-state index in [1.54, 1.807) is 0 Å². The van der Waals surface area contributed by atoms with E-state index in [1.807, 2.05) is 24.3 Å². The van der Waals surface area contributed by atoms with Gasteiger partial charge in [-0.2, -0.15) is 0 Å². The second kappa shape index (κ2) is 7.34. The quantitative estimate of drug-likeness (QED) is 0.812. The Labute approximate surface area is 152 Å². The lowest BCUT2D eigenvalue weighted by atomic mass is 9.66. The maximum absolute atomic E-state index is 12.4. The number of carbonyl (C=O) groups excluding carboxylic acids is 1. The van der Waals surface area contributed by atoms with Crippen LogP contribution in [-0.2, 0) is 19.7 Å². The van der Waals surface area contributed by atoms with Crippen molar-refractivity contribution in [2.75, 3.05) is 19.8 Å². The van der Waals surface area contributed by atoms with Gasteiger partial charge in [0.05, 0.1) is 5.41 Å². The minimum atomic E-state index is -0.858. The van der Waals surface area contributed by atoms with Crippen molar-refractivity contribution in [2.24, 2.45) is 5.41 Å². The Morgan fingerprint density at radius 3 is 2.48 bits per heavy atom. The van der Waals surface area contributed by atoms with E-state index in [2.05, 4.69) is 5.32 Å². The number of benzene rings is 1. The molecule has 2 N–H and O–H groups in total. The van der Waals surface area contributed by atoms with Gasteiger partial charge in [-0.3, -0.25) is 9.59 Å². The van der Waals surface area contributed by atoms with Crippen LogP contribution in [0.25, 0.3) is 0 Å². The Hall–Kier alpha value is -1.59. The molecule has 0 radical (unpaired) electrons. The predicted octanol–water partition coefficient (Wildman–Crippen LogP) is 3.15. The highest BCUT2D eigenvalue weighted by molar-refractivity contribution is 6.30. The Morgan fingerprint density at radius 2 is 1.92 bits per heavy atom. The third kappa shape index (κ3) is 3.82. The van der Waals surface area contributed by atoms with Crippen LogP contribution in [-0.4, -0.2) is 36.7 Å². The second-order valence-electron chi connectivity index (χ2n) is 7.30. The van der Waals surface area contributed by atoms with Gasteiger partial charge in [-0.25, -0.2) is 0 Å². The Balaban J connectivity index is 1.69. The average Bonchev–Trinajstić information content (AvgIpc) is 2.57. The Kier molecular flexibility index (Phi) is 5.35. The molecular formula is C19H24ClNO4. The third-order valence-corrected chi connectivity index (χ3v) is 6.01. The number of carboxylic acid groups (broad SMARTS) is 1. The standard InChI is InChI=1S/C19H24ClNO4/c20-15-4-1-3-14(11-15)19(7-9-25-10-8-19)13-21-16(22)12-18(17(23)24)5-2-6-18/h1,3-4,11H,2,5-10,12-13H2,(H,21,22)(H,23,24). The molecule has 0 unspecified atom stereocenters. The van der Waals surface area contributed by atoms with Crippen molar-refractivity contribution in [1.82, 2.24) is 5.32 Å². The number of aliphatic carboxylic acids is 1. The molecule has 2 aliphatic rings. The molecular weight excluding hydrogens is 342 g/mol. The molecule has 3 rings (SSSR count). The number of nitrogens with one attached hydrogen (secondary N) is 1. The molecule has 1 saturated heterocycles. The van der Waals surface area contributed by atoms with Crippen molar-refractivity contribution in [3.05, 3.63) is 34.9 Å². The number of rotatable bonds is 6. The van der Waals surface area contributed by atoms with E-state index in [0.29, 0.717) is 37.6 Å². The van der Waals surface area contributed by atoms with Crippen molar-refractivity contribution in [1.29, 1.82) is 0 Å². The van der Waals surface area contributed by atoms with Gasteiger partial charge in [-0.15, -0.1) is 0 Å². The van der Waals surface area contributed by atoms with Crippen LogP contribution in [0, 0.1) is 5.41 Å². The SMILES string of the molecule is O=C(CC1(C(=O)O)CCC1)NCC1(c2cccc(Cl)c2)CCOCC1. The van der Waals surface area contributed by atoms with Crippen LogP contribution in [0.2, 0.25) is 5.02 Å². The normalized spacial score (nSPS) is 21.2. The molecule has 25 heavy (non-hydrogen) atoms. The summed E-state index contributed by atoms with van der Waals surface area (Å²) in [4.78, 5) is 23.9. The highest BCUT2D eigenvalue weighted by Crippen LogP contribution is 2.44. The lowest BCUT2D eigenvalue weighted by Gasteiger charge is -2.39. The first-order chi connectivity index (χ1) is 12.0. The maximum atomic E-state index is 12.4. The largest absolute Gasteiger partial charge is 0.481 e. The summed E-state index contributed by atoms with van der Waals surface area (Å²) in [5.74, 6) is -1.04. The summed E-state index contributed by atoms with van der Waals surface area (Å²) in [6.07, 6.45) is 3.72. The Morgan fingerprint density at radius 1 is 1.20 bits per heavy atom. The molecule has 1 heterocycles. The van der Waals surface area contributed by atoms with E-state index < -0.39 is 11.4 Å². The van der Waals surface area contributed by atoms with Gasteiger partial charge in [0.1, 0.15) is 0 Å². The highest BCUT2D eigenvalue weighted by atomic mass is 35.5. The maximum Gasteiger partial charge on any atom is 0.310 e. The van der Waals surface area contributed by atoms with Gasteiger partial charge in [0.15, 0.2) is 0 Å². The first-order valence-electron chi connectivity index (χ1n) is 8.80. The molecule has 0 atom stereocenters. The topological polar surface area (TPSA) is 75.6 Å². The number of carboxylic acids is 1. The summed E-state index contributed by atoms with van der Waals surface area (Å²) in [6, 6.07) is 7.74. The smallest absolute Gasteiger partial charge is 0.310 e. The zero-order chi connectivity index (χ0) is 17.9. The van der Waals surface area contributed by atoms with Crippen molar-refractivity contribution in [3.63, 3.8) is 0 Å². The molecule has 1 aliphatic carbocycles. The van der Waals surface area contributed by atoms with E-state index in [9.17, 15) is 14.7 Å². The summed E-state index contributed by atoms with van der Waals surface area (Å²) in [5.41, 5.74) is 0.0258. The van der Waals surface area contributed by atoms with Gasteiger partial charge in [-0.05, 0) is 43.4 Å². The monoisotopic (exact) mass is 365 g/mol. The zero-order valence-electron chi connectivity index (χ0n) is 14.2. The number of carbonyl (C=O) groups is 2. The predicted molar refractivity (Wildman–Crippen MR) is 94.7 cm³/mol. The fraction of sp³-hybridized carbons (Fsp3) is 0.579. The lowest BCUT2D eigenvalue weighted by Crippen LogP contribution is -2.47. The van der Waals surface area contributed by atoms with Gasteiger partial charge >= 0.3 is 5.97 Å². The summed E-state index contributed by atoms with van der Waals surface area (Å²) in [7, 11) is 0. The second-order valence-corrected chi connectivity index (χ2v) is 7.73. The molecule has 0 spiro atoms. The minimum absolute atomic E-state index is 0.0600. The van der Waals surface area contributed by atoms with Crippen LogP contribution in [0.5, 0.6) is 0 Å². The molecule has 2 fully saturated rings. The molecule has 1 aromatic carbocycles. The molecule has 6 heteroatoms. The summed E-state index contributed by atoms with van der Waals surface area (Å²) in [6.45, 7) is 1.76. The van der Waals surface area contributed by atoms with E-state index in [4.69, 9.17) is 16.3 Å². The van der Waals surface area contributed by atoms with Crippen LogP contribution < -0.4 is 5.32 Å². The van der Waals surface area contributed by atoms with Crippen LogP contribution in [0.4, 0.5) is 0 Å². The molecule has 1 aromatic rings. The molecule has 0 aromatic heterocycles. The van der Waals surface area contributed by atoms with Gasteiger partial charge < -0.3 is 15.2 Å². The number of halogens is 1. The van der Waals surface area contributed by atoms with Crippen molar-refractivity contribution >= 4 is 23.5 Å². The number of hydrogen-bond donors (Lipinski definition) is 2. The first kappa shape index (κ1) is 18.2. The summed E-state index contributed by atoms with van der Waals surface area (Å²) in [5, 5.41) is 13.1. The van der Waals surface area contributed by atoms with Crippen LogP contribution in [0.1, 0.15) is 44.1 Å². The van der Waals surface area contributed by atoms with Crippen molar-refractivity contribution < 1.29 is 19.4 Å². The van der Waals surface area contributed by atoms with Gasteiger partial charge in [-0.1, -0.05) is 30.2 Å². The van der Waals surface area contributed by atoms with E-state index >= 15 is 0 Å². The van der Waals surface area contributed by atoms with Crippen molar-refractivity contribution in [2.45, 2.75) is 43.9 Å². The highest BCUT2D eigenvalue weighted by Gasteiger charge is 2.46. The zero-order valence-corrected chi connectivity index (χ0v) is 15.0. The fourth-order valence-electron chi connectivity index (χ4n) is 3.86. The van der Waals surface area contributed by atoms with Crippen LogP contribution in [0.3, 0.4) is 0 Å². The summed E-state index contributed by atoms with van der Waals surface area (Å²) >= 11 is 6.15. The van der Waals surface area contributed by atoms with E-state index in [0.717, 1.165) is 24.8 Å². The van der Waals surface area contributed by atoms with E-state index in [1.165, 1.54) is 0 Å². The van der Waals surface area contributed by atoms with Gasteiger partial charge in [0, 0.05) is 36.6 Å². The Bertz CT molecular complexity index is 651. The molecule has 136 valence electrons. The molecule has 1 amide bonds. The molecule has 5 nitrogen and oxygen atoms in total. The van der Waals surface area contributed by atoms with E-state index in [-0.39, 0.29) is 17.7 Å². The minimum Gasteiger partial charge on any atom is -0.481 e. The van der Waals surface area contributed by atoms with Crippen molar-refractivity contribution in [3.8, 4) is 0 Å². The number of ether oxygens (including phenoxy) is 1. The molecule has 1 aliphatic heterocycles. The first-order valence-corrected chi connectivity index (χ1v) is 9.18. The molecule has 0 bridgehead atoms.